The molecule has 1 rings (SSSR count). The van der Waals surface area contributed by atoms with Gasteiger partial charge in [-0.25, -0.2) is 0 Å². The van der Waals surface area contributed by atoms with Crippen molar-refractivity contribution >= 4 is 0 Å². The lowest BCUT2D eigenvalue weighted by atomic mass is 9.71. The molecule has 0 amide bonds. The van der Waals surface area contributed by atoms with Gasteiger partial charge in [0.15, 0.2) is 0 Å². The Morgan fingerprint density at radius 2 is 2.05 bits per heavy atom. The van der Waals surface area contributed by atoms with Crippen molar-refractivity contribution in [3.8, 4) is 0 Å². The maximum Gasteiger partial charge on any atom is -0.00178 e. The topological polar surface area (TPSA) is 12.0 Å². The van der Waals surface area contributed by atoms with E-state index in [2.05, 4.69) is 38.7 Å². The maximum absolute atomic E-state index is 3.85. The number of unbranched alkanes of at least 4 members (excludes halogenated alkanes) is 1. The third-order valence-corrected chi connectivity index (χ3v) is 4.77. The molecule has 0 spiro atoms. The van der Waals surface area contributed by atoms with Crippen LogP contribution in [0.3, 0.4) is 0 Å². The van der Waals surface area contributed by atoms with Gasteiger partial charge in [0.25, 0.3) is 0 Å². The number of hydrogen-bond donors (Lipinski definition) is 1. The predicted octanol–water partition coefficient (Wildman–Crippen LogP) is 5.03. The van der Waals surface area contributed by atoms with Crippen LogP contribution in [0.25, 0.3) is 0 Å². The number of hydrogen-bond acceptors (Lipinski definition) is 1. The summed E-state index contributed by atoms with van der Waals surface area (Å²) in [7, 11) is 0. The largest absolute Gasteiger partial charge is 0.316 e. The molecular formula is C18H35N. The van der Waals surface area contributed by atoms with Gasteiger partial charge in [0.1, 0.15) is 0 Å². The minimum Gasteiger partial charge on any atom is -0.316 e. The van der Waals surface area contributed by atoms with E-state index in [4.69, 9.17) is 0 Å². The van der Waals surface area contributed by atoms with Crippen LogP contribution in [0.2, 0.25) is 0 Å². The van der Waals surface area contributed by atoms with Crippen LogP contribution >= 0.6 is 0 Å². The fourth-order valence-electron chi connectivity index (χ4n) is 3.50. The number of rotatable bonds is 9. The average Bonchev–Trinajstić information content (AvgIpc) is 2.40. The van der Waals surface area contributed by atoms with Crippen molar-refractivity contribution < 1.29 is 0 Å². The highest BCUT2D eigenvalue weighted by molar-refractivity contribution is 4.82. The van der Waals surface area contributed by atoms with E-state index in [-0.39, 0.29) is 0 Å². The molecular weight excluding hydrogens is 230 g/mol. The van der Waals surface area contributed by atoms with Crippen LogP contribution in [-0.4, -0.2) is 13.1 Å². The minimum atomic E-state index is 0.770. The van der Waals surface area contributed by atoms with E-state index in [1.54, 1.807) is 0 Å². The Morgan fingerprint density at radius 1 is 1.26 bits per heavy atom. The molecule has 1 aliphatic carbocycles. The van der Waals surface area contributed by atoms with Gasteiger partial charge in [0, 0.05) is 0 Å². The molecule has 1 saturated carbocycles. The van der Waals surface area contributed by atoms with Crippen LogP contribution in [0.4, 0.5) is 0 Å². The van der Waals surface area contributed by atoms with Crippen LogP contribution in [0.5, 0.6) is 0 Å². The molecule has 0 aromatic carbocycles. The molecule has 1 N–H and O–H groups in total. The van der Waals surface area contributed by atoms with E-state index in [1.807, 2.05) is 0 Å². The molecule has 0 aliphatic heterocycles. The van der Waals surface area contributed by atoms with Crippen molar-refractivity contribution in [1.29, 1.82) is 0 Å². The summed E-state index contributed by atoms with van der Waals surface area (Å²) >= 11 is 0. The molecule has 0 aromatic heterocycles. The van der Waals surface area contributed by atoms with Gasteiger partial charge < -0.3 is 5.32 Å². The van der Waals surface area contributed by atoms with Gasteiger partial charge in [-0.2, -0.15) is 0 Å². The molecule has 19 heavy (non-hydrogen) atoms. The van der Waals surface area contributed by atoms with Crippen molar-refractivity contribution in [3.05, 3.63) is 12.7 Å². The highest BCUT2D eigenvalue weighted by Crippen LogP contribution is 2.37. The van der Waals surface area contributed by atoms with Gasteiger partial charge in [0.2, 0.25) is 0 Å². The van der Waals surface area contributed by atoms with Crippen molar-refractivity contribution in [2.24, 2.45) is 23.7 Å². The molecule has 0 bridgehead atoms. The summed E-state index contributed by atoms with van der Waals surface area (Å²) in [5.74, 6) is 3.64. The highest BCUT2D eigenvalue weighted by Gasteiger charge is 2.28. The van der Waals surface area contributed by atoms with Crippen molar-refractivity contribution in [2.45, 2.75) is 65.7 Å². The number of nitrogens with one attached hydrogen (secondary N) is 1. The molecule has 1 nitrogen and oxygen atoms in total. The average molecular weight is 265 g/mol. The molecule has 0 heterocycles. The maximum atomic E-state index is 3.85. The Balaban J connectivity index is 2.38. The normalized spacial score (nSPS) is 27.7. The fraction of sp³-hybridized carbons (Fsp3) is 0.889. The first-order chi connectivity index (χ1) is 9.17. The van der Waals surface area contributed by atoms with E-state index < -0.39 is 0 Å². The molecule has 0 aromatic rings. The molecule has 0 saturated heterocycles. The molecule has 3 unspecified atom stereocenters. The summed E-state index contributed by atoms with van der Waals surface area (Å²) in [5.41, 5.74) is 0. The zero-order valence-electron chi connectivity index (χ0n) is 13.5. The lowest BCUT2D eigenvalue weighted by molar-refractivity contribution is 0.160. The van der Waals surface area contributed by atoms with E-state index in [0.717, 1.165) is 23.7 Å². The minimum absolute atomic E-state index is 0.770. The molecule has 1 heteroatoms. The quantitative estimate of drug-likeness (QED) is 0.455. The van der Waals surface area contributed by atoms with Crippen molar-refractivity contribution in [2.75, 3.05) is 13.1 Å². The number of allylic oxidation sites excluding steroid dienone is 1. The molecule has 112 valence electrons. The second kappa shape index (κ2) is 9.58. The van der Waals surface area contributed by atoms with E-state index in [1.165, 1.54) is 58.0 Å². The van der Waals surface area contributed by atoms with Gasteiger partial charge in [-0.05, 0) is 68.9 Å². The highest BCUT2D eigenvalue weighted by atomic mass is 14.9. The zero-order valence-corrected chi connectivity index (χ0v) is 13.5. The lowest BCUT2D eigenvalue weighted by Gasteiger charge is -2.36. The fourth-order valence-corrected chi connectivity index (χ4v) is 3.50. The van der Waals surface area contributed by atoms with Crippen molar-refractivity contribution in [3.63, 3.8) is 0 Å². The van der Waals surface area contributed by atoms with Crippen LogP contribution in [0.1, 0.15) is 65.7 Å². The first kappa shape index (κ1) is 16.8. The van der Waals surface area contributed by atoms with Gasteiger partial charge in [0.05, 0.1) is 0 Å². The van der Waals surface area contributed by atoms with Gasteiger partial charge in [-0.15, -0.1) is 6.58 Å². The summed E-state index contributed by atoms with van der Waals surface area (Å²) in [5, 5.41) is 3.69. The first-order valence-corrected chi connectivity index (χ1v) is 8.48. The third-order valence-electron chi connectivity index (χ3n) is 4.77. The first-order valence-electron chi connectivity index (χ1n) is 8.48. The van der Waals surface area contributed by atoms with Gasteiger partial charge in [-0.3, -0.25) is 0 Å². The summed E-state index contributed by atoms with van der Waals surface area (Å²) in [6, 6.07) is 0. The predicted molar refractivity (Wildman–Crippen MR) is 86.4 cm³/mol. The summed E-state index contributed by atoms with van der Waals surface area (Å²) in [6.45, 7) is 13.2. The molecule has 1 aliphatic rings. The van der Waals surface area contributed by atoms with Crippen LogP contribution in [0, 0.1) is 23.7 Å². The summed E-state index contributed by atoms with van der Waals surface area (Å²) < 4.78 is 0. The Kier molecular flexibility index (Phi) is 8.45. The second-order valence-electron chi connectivity index (χ2n) is 6.88. The Bertz CT molecular complexity index is 234. The van der Waals surface area contributed by atoms with Crippen LogP contribution in [0.15, 0.2) is 12.7 Å². The van der Waals surface area contributed by atoms with E-state index in [0.29, 0.717) is 0 Å². The van der Waals surface area contributed by atoms with Crippen LogP contribution < -0.4 is 5.32 Å². The van der Waals surface area contributed by atoms with Crippen molar-refractivity contribution in [1.82, 2.24) is 5.32 Å². The van der Waals surface area contributed by atoms with Gasteiger partial charge >= 0.3 is 0 Å². The standard InChI is InChI=1S/C18H35N/c1-5-7-8-9-17-12-16(6-2)10-11-18(17)14-19-13-15(3)4/h5,15-19H,1,6-14H2,2-4H3. The summed E-state index contributed by atoms with van der Waals surface area (Å²) in [6.07, 6.45) is 11.8. The SMILES string of the molecule is C=CCCCC1CC(CC)CCC1CNCC(C)C. The zero-order chi connectivity index (χ0) is 14.1. The van der Waals surface area contributed by atoms with E-state index in [9.17, 15) is 0 Å². The Hall–Kier alpha value is -0.300. The van der Waals surface area contributed by atoms with Gasteiger partial charge in [-0.1, -0.05) is 39.7 Å². The monoisotopic (exact) mass is 265 g/mol. The lowest BCUT2D eigenvalue weighted by Crippen LogP contribution is -2.34. The molecule has 0 radical (unpaired) electrons. The Morgan fingerprint density at radius 3 is 2.68 bits per heavy atom. The van der Waals surface area contributed by atoms with E-state index >= 15 is 0 Å². The molecule has 3 atom stereocenters. The molecule has 1 fully saturated rings. The Labute approximate surface area is 121 Å². The third kappa shape index (κ3) is 6.61. The smallest absolute Gasteiger partial charge is 0.00178 e. The second-order valence-corrected chi connectivity index (χ2v) is 6.88. The summed E-state index contributed by atoms with van der Waals surface area (Å²) in [4.78, 5) is 0. The van der Waals surface area contributed by atoms with Crippen LogP contribution in [-0.2, 0) is 0 Å².